The molecule has 1 amide bonds. The van der Waals surface area contributed by atoms with Gasteiger partial charge in [0.25, 0.3) is 0 Å². The number of nitrogens with one attached hydrogen (secondary N) is 1. The molecule has 0 aliphatic heterocycles. The van der Waals surface area contributed by atoms with E-state index in [1.54, 1.807) is 18.3 Å². The Bertz CT molecular complexity index is 1130. The summed E-state index contributed by atoms with van der Waals surface area (Å²) < 4.78 is 11.6. The molecule has 3 rings (SSSR count). The summed E-state index contributed by atoms with van der Waals surface area (Å²) in [5, 5.41) is 14.1. The summed E-state index contributed by atoms with van der Waals surface area (Å²) in [7, 11) is 2.49. The minimum atomic E-state index is -0.642. The van der Waals surface area contributed by atoms with Gasteiger partial charge < -0.3 is 14.8 Å². The molecule has 0 atom stereocenters. The molecule has 0 fully saturated rings. The predicted molar refractivity (Wildman–Crippen MR) is 125 cm³/mol. The van der Waals surface area contributed by atoms with E-state index in [4.69, 9.17) is 9.47 Å². The van der Waals surface area contributed by atoms with Gasteiger partial charge in [-0.25, -0.2) is 9.59 Å². The van der Waals surface area contributed by atoms with Gasteiger partial charge in [0.2, 0.25) is 5.91 Å². The van der Waals surface area contributed by atoms with Crippen molar-refractivity contribution in [2.75, 3.05) is 25.3 Å². The van der Waals surface area contributed by atoms with Gasteiger partial charge in [-0.3, -0.25) is 9.36 Å². The van der Waals surface area contributed by atoms with Crippen molar-refractivity contribution in [3.63, 3.8) is 0 Å². The number of hydrogen-bond donors (Lipinski definition) is 1. The molecule has 0 aliphatic rings. The van der Waals surface area contributed by atoms with Crippen LogP contribution in [0.15, 0.2) is 22.7 Å². The zero-order valence-electron chi connectivity index (χ0n) is 18.1. The van der Waals surface area contributed by atoms with Crippen molar-refractivity contribution in [2.45, 2.75) is 32.0 Å². The van der Waals surface area contributed by atoms with Crippen LogP contribution in [0.3, 0.4) is 0 Å². The molecule has 32 heavy (non-hydrogen) atoms. The third kappa shape index (κ3) is 4.87. The van der Waals surface area contributed by atoms with Crippen LogP contribution in [0.4, 0.5) is 5.00 Å². The van der Waals surface area contributed by atoms with Crippen molar-refractivity contribution in [1.29, 1.82) is 0 Å². The van der Waals surface area contributed by atoms with Crippen molar-refractivity contribution >= 4 is 57.3 Å². The maximum atomic E-state index is 12.7. The van der Waals surface area contributed by atoms with Crippen LogP contribution in [0.1, 0.15) is 45.5 Å². The van der Waals surface area contributed by atoms with Crippen molar-refractivity contribution in [2.24, 2.45) is 0 Å². The van der Waals surface area contributed by atoms with Gasteiger partial charge in [0.1, 0.15) is 9.88 Å². The average Bonchev–Trinajstić information content (AvgIpc) is 3.50. The molecule has 3 heterocycles. The summed E-state index contributed by atoms with van der Waals surface area (Å²) in [6.07, 6.45) is 0. The van der Waals surface area contributed by atoms with E-state index in [0.717, 1.165) is 22.0 Å². The number of aromatic nitrogens is 3. The number of carbonyl (C=O) groups is 3. The minimum absolute atomic E-state index is 0.0421. The van der Waals surface area contributed by atoms with Gasteiger partial charge in [-0.1, -0.05) is 17.8 Å². The molecule has 9 nitrogen and oxygen atoms in total. The highest BCUT2D eigenvalue weighted by Crippen LogP contribution is 2.35. The van der Waals surface area contributed by atoms with Crippen molar-refractivity contribution in [3.8, 4) is 10.7 Å². The molecule has 0 saturated heterocycles. The Labute approximate surface area is 197 Å². The number of methoxy groups -OCH3 is 2. The predicted octanol–water partition coefficient (Wildman–Crippen LogP) is 4.26. The number of nitrogens with zero attached hydrogens (tertiary/aromatic N) is 3. The molecule has 0 bridgehead atoms. The van der Waals surface area contributed by atoms with Crippen LogP contribution in [-0.4, -0.2) is 52.6 Å². The van der Waals surface area contributed by atoms with E-state index in [1.165, 1.54) is 26.0 Å². The van der Waals surface area contributed by atoms with Crippen LogP contribution in [0.2, 0.25) is 0 Å². The molecule has 0 aliphatic carbocycles. The lowest BCUT2D eigenvalue weighted by Crippen LogP contribution is -2.16. The molecular formula is C20H22N4O5S3. The first-order valence-corrected chi connectivity index (χ1v) is 12.2. The molecule has 12 heteroatoms. The second-order valence-electron chi connectivity index (χ2n) is 6.83. The Hall–Kier alpha value is -2.70. The molecule has 3 aromatic rings. The van der Waals surface area contributed by atoms with Crippen molar-refractivity contribution < 1.29 is 23.9 Å². The zero-order chi connectivity index (χ0) is 23.4. The SMILES string of the molecule is COC(=O)c1sc(NC(=O)CSc2nnc(-c3cccs3)n2C(C)C)c(C(=O)OC)c1C. The summed E-state index contributed by atoms with van der Waals surface area (Å²) >= 11 is 3.79. The number of amides is 1. The third-order valence-corrected chi connectivity index (χ3v) is 7.41. The van der Waals surface area contributed by atoms with Gasteiger partial charge in [-0.05, 0) is 37.8 Å². The first-order chi connectivity index (χ1) is 15.3. The Balaban J connectivity index is 1.79. The molecule has 0 unspecified atom stereocenters. The molecule has 170 valence electrons. The molecule has 0 saturated carbocycles. The summed E-state index contributed by atoms with van der Waals surface area (Å²) in [5.74, 6) is -0.785. The highest BCUT2D eigenvalue weighted by Gasteiger charge is 2.27. The number of anilines is 1. The Morgan fingerprint density at radius 1 is 1.19 bits per heavy atom. The van der Waals surface area contributed by atoms with Gasteiger partial charge in [0, 0.05) is 6.04 Å². The minimum Gasteiger partial charge on any atom is -0.465 e. The lowest BCUT2D eigenvalue weighted by molar-refractivity contribution is -0.113. The van der Waals surface area contributed by atoms with E-state index in [0.29, 0.717) is 10.7 Å². The van der Waals surface area contributed by atoms with Gasteiger partial charge in [0.05, 0.1) is 30.4 Å². The van der Waals surface area contributed by atoms with Crippen LogP contribution in [0.25, 0.3) is 10.7 Å². The topological polar surface area (TPSA) is 112 Å². The molecular weight excluding hydrogens is 472 g/mol. The Morgan fingerprint density at radius 3 is 2.50 bits per heavy atom. The summed E-state index contributed by atoms with van der Waals surface area (Å²) in [6, 6.07) is 4.02. The number of thiophene rings is 2. The monoisotopic (exact) mass is 494 g/mol. The van der Waals surface area contributed by atoms with Gasteiger partial charge in [0.15, 0.2) is 11.0 Å². The van der Waals surface area contributed by atoms with Crippen LogP contribution in [0.5, 0.6) is 0 Å². The first-order valence-electron chi connectivity index (χ1n) is 9.49. The fraction of sp³-hybridized carbons (Fsp3) is 0.350. The van der Waals surface area contributed by atoms with E-state index in [9.17, 15) is 14.4 Å². The highest BCUT2D eigenvalue weighted by molar-refractivity contribution is 7.99. The second-order valence-corrected chi connectivity index (χ2v) is 9.74. The normalized spacial score (nSPS) is 10.9. The maximum Gasteiger partial charge on any atom is 0.348 e. The lowest BCUT2D eigenvalue weighted by Gasteiger charge is -2.13. The van der Waals surface area contributed by atoms with E-state index in [-0.39, 0.29) is 33.1 Å². The molecule has 1 N–H and O–H groups in total. The summed E-state index contributed by atoms with van der Waals surface area (Å²) in [6.45, 7) is 5.66. The highest BCUT2D eigenvalue weighted by atomic mass is 32.2. The van der Waals surface area contributed by atoms with Crippen LogP contribution in [-0.2, 0) is 14.3 Å². The van der Waals surface area contributed by atoms with Crippen LogP contribution < -0.4 is 5.32 Å². The fourth-order valence-electron chi connectivity index (χ4n) is 2.94. The average molecular weight is 495 g/mol. The number of carbonyl (C=O) groups excluding carboxylic acids is 3. The lowest BCUT2D eigenvalue weighted by atomic mass is 10.1. The smallest absolute Gasteiger partial charge is 0.348 e. The van der Waals surface area contributed by atoms with Crippen LogP contribution >= 0.6 is 34.4 Å². The molecule has 0 spiro atoms. The van der Waals surface area contributed by atoms with Crippen molar-refractivity contribution in [3.05, 3.63) is 33.5 Å². The number of rotatable bonds is 8. The largest absolute Gasteiger partial charge is 0.465 e. The third-order valence-electron chi connectivity index (χ3n) is 4.41. The van der Waals surface area contributed by atoms with E-state index in [2.05, 4.69) is 15.5 Å². The number of thioether (sulfide) groups is 1. The van der Waals surface area contributed by atoms with E-state index >= 15 is 0 Å². The number of ether oxygens (including phenoxy) is 2. The molecule has 0 radical (unpaired) electrons. The van der Waals surface area contributed by atoms with Gasteiger partial charge in [-0.15, -0.1) is 32.9 Å². The number of hydrogen-bond acceptors (Lipinski definition) is 10. The molecule has 0 aromatic carbocycles. The Morgan fingerprint density at radius 2 is 1.91 bits per heavy atom. The standard InChI is InChI=1S/C20H22N4O5S3/c1-10(2)24-16(12-7-6-8-30-12)22-23-20(24)31-9-13(25)21-17-14(18(26)28-4)11(3)15(32-17)19(27)29-5/h6-8,10H,9H2,1-5H3,(H,21,25). The summed E-state index contributed by atoms with van der Waals surface area (Å²) in [5.41, 5.74) is 0.540. The first kappa shape index (κ1) is 24.0. The number of esters is 2. The van der Waals surface area contributed by atoms with Gasteiger partial charge in [-0.2, -0.15) is 0 Å². The van der Waals surface area contributed by atoms with E-state index < -0.39 is 11.9 Å². The second kappa shape index (κ2) is 10.3. The summed E-state index contributed by atoms with van der Waals surface area (Å²) in [4.78, 5) is 38.1. The van der Waals surface area contributed by atoms with E-state index in [1.807, 2.05) is 35.9 Å². The maximum absolute atomic E-state index is 12.7. The van der Waals surface area contributed by atoms with Crippen molar-refractivity contribution in [1.82, 2.24) is 14.8 Å². The zero-order valence-corrected chi connectivity index (χ0v) is 20.6. The van der Waals surface area contributed by atoms with Crippen LogP contribution in [0, 0.1) is 6.92 Å². The van der Waals surface area contributed by atoms with Gasteiger partial charge >= 0.3 is 11.9 Å². The fourth-order valence-corrected chi connectivity index (χ4v) is 5.65. The quantitative estimate of drug-likeness (QED) is 0.365. The Kier molecular flexibility index (Phi) is 7.69. The molecule has 3 aromatic heterocycles.